The van der Waals surface area contributed by atoms with Crippen molar-refractivity contribution in [2.24, 2.45) is 29.1 Å². The Morgan fingerprint density at radius 3 is 2.45 bits per heavy atom. The Kier molecular flexibility index (Phi) is 6.67. The number of hydrogen-bond acceptors (Lipinski definition) is 7. The number of aromatic hydroxyl groups is 1. The van der Waals surface area contributed by atoms with Gasteiger partial charge in [0.1, 0.15) is 11.5 Å². The second-order valence-electron chi connectivity index (χ2n) is 11.7. The highest BCUT2D eigenvalue weighted by atomic mass is 16.5. The number of likely N-dealkylation sites (tertiary alicyclic amines) is 1. The maximum absolute atomic E-state index is 14.4. The van der Waals surface area contributed by atoms with E-state index in [4.69, 9.17) is 9.84 Å². The first-order valence-electron chi connectivity index (χ1n) is 14.2. The van der Waals surface area contributed by atoms with E-state index in [1.54, 1.807) is 43.3 Å². The van der Waals surface area contributed by atoms with Crippen molar-refractivity contribution in [2.45, 2.75) is 38.5 Å². The Balaban J connectivity index is 1.47. The molecule has 1 saturated carbocycles. The Morgan fingerprint density at radius 1 is 1.02 bits per heavy atom. The summed E-state index contributed by atoms with van der Waals surface area (Å²) in [5.41, 5.74) is 0.664. The lowest BCUT2D eigenvalue weighted by Gasteiger charge is -2.49. The first-order valence-corrected chi connectivity index (χ1v) is 14.2. The molecule has 42 heavy (non-hydrogen) atoms. The number of aliphatic carboxylic acids is 1. The number of rotatable bonds is 7. The van der Waals surface area contributed by atoms with Crippen LogP contribution >= 0.6 is 0 Å². The van der Waals surface area contributed by atoms with Crippen LogP contribution in [0.1, 0.15) is 44.1 Å². The summed E-state index contributed by atoms with van der Waals surface area (Å²) in [6, 6.07) is 13.4. The number of para-hydroxylation sites is 1. The van der Waals surface area contributed by atoms with Crippen molar-refractivity contribution in [3.8, 4) is 11.5 Å². The molecule has 2 aliphatic carbocycles. The number of carboxylic acids is 1. The predicted octanol–water partition coefficient (Wildman–Crippen LogP) is 3.50. The van der Waals surface area contributed by atoms with Gasteiger partial charge in [0.15, 0.2) is 0 Å². The Bertz CT molecular complexity index is 1530. The number of nitrogens with zero attached hydrogens (tertiary/aromatic N) is 2. The van der Waals surface area contributed by atoms with Crippen LogP contribution in [-0.4, -0.2) is 58.4 Å². The van der Waals surface area contributed by atoms with Crippen LogP contribution in [0.25, 0.3) is 0 Å². The van der Waals surface area contributed by atoms with Crippen LogP contribution in [0, 0.1) is 29.1 Å². The first-order chi connectivity index (χ1) is 20.1. The molecule has 2 aromatic carbocycles. The number of imide groups is 2. The zero-order chi connectivity index (χ0) is 29.9. The quantitative estimate of drug-likeness (QED) is 0.379. The molecule has 0 aromatic heterocycles. The van der Waals surface area contributed by atoms with Gasteiger partial charge < -0.3 is 14.9 Å². The minimum Gasteiger partial charge on any atom is -0.508 e. The third-order valence-corrected chi connectivity index (χ3v) is 9.68. The van der Waals surface area contributed by atoms with E-state index in [9.17, 15) is 29.1 Å². The van der Waals surface area contributed by atoms with E-state index in [1.165, 1.54) is 29.0 Å². The minimum atomic E-state index is -1.22. The van der Waals surface area contributed by atoms with Crippen LogP contribution in [0.2, 0.25) is 0 Å². The fourth-order valence-corrected chi connectivity index (χ4v) is 7.79. The summed E-state index contributed by atoms with van der Waals surface area (Å²) in [4.78, 5) is 69.2. The number of methoxy groups -OCH3 is 1. The van der Waals surface area contributed by atoms with Crippen LogP contribution in [0.4, 0.5) is 5.69 Å². The van der Waals surface area contributed by atoms with Gasteiger partial charge in [0.2, 0.25) is 23.6 Å². The van der Waals surface area contributed by atoms with Gasteiger partial charge >= 0.3 is 5.97 Å². The molecule has 10 heteroatoms. The summed E-state index contributed by atoms with van der Waals surface area (Å²) in [5.74, 6) is -5.31. The number of phenolic OH excluding ortho intramolecular Hbond substituents is 1. The molecular weight excluding hydrogens is 540 g/mol. The standard InChI is InChI=1S/C32H32N2O8/c1-32-23(29(39)34(31(32)41)17-7-4-3-5-8-17)16-22-19(27(32)20-11-10-18(35)15-24(20)42-2)12-13-21-26(22)30(40)33(28(21)38)14-6-9-25(36)37/h3-5,7-8,10-12,15,21-23,26-27,35H,6,9,13-14,16H2,1-2H3,(H,36,37)/t21-,22+,23-,26-,27+,32+/m0/s1. The summed E-state index contributed by atoms with van der Waals surface area (Å²) in [5, 5.41) is 19.3. The van der Waals surface area contributed by atoms with E-state index < -0.39 is 41.0 Å². The lowest BCUT2D eigenvalue weighted by atomic mass is 9.51. The van der Waals surface area contributed by atoms with Crippen molar-refractivity contribution in [2.75, 3.05) is 18.6 Å². The molecule has 2 aromatic rings. The van der Waals surface area contributed by atoms with Gasteiger partial charge in [0.25, 0.3) is 0 Å². The van der Waals surface area contributed by atoms with Crippen LogP contribution in [0.15, 0.2) is 60.2 Å². The number of carbonyl (C=O) groups excluding carboxylic acids is 4. The lowest BCUT2D eigenvalue weighted by Crippen LogP contribution is -2.49. The van der Waals surface area contributed by atoms with Gasteiger partial charge in [0.05, 0.1) is 36.0 Å². The van der Waals surface area contributed by atoms with E-state index in [0.29, 0.717) is 23.4 Å². The highest BCUT2D eigenvalue weighted by Crippen LogP contribution is 2.64. The number of carbonyl (C=O) groups is 5. The van der Waals surface area contributed by atoms with Gasteiger partial charge in [-0.05, 0) is 50.3 Å². The number of amides is 4. The molecule has 3 fully saturated rings. The van der Waals surface area contributed by atoms with Gasteiger partial charge in [-0.3, -0.25) is 28.9 Å². The maximum atomic E-state index is 14.4. The Hall–Kier alpha value is -4.47. The number of anilines is 1. The third-order valence-electron chi connectivity index (χ3n) is 9.68. The molecule has 2 heterocycles. The molecule has 6 rings (SSSR count). The topological polar surface area (TPSA) is 142 Å². The van der Waals surface area contributed by atoms with Crippen LogP contribution < -0.4 is 9.64 Å². The van der Waals surface area contributed by atoms with Gasteiger partial charge in [-0.25, -0.2) is 4.90 Å². The number of hydrogen-bond donors (Lipinski definition) is 2. The molecule has 0 radical (unpaired) electrons. The van der Waals surface area contributed by atoms with Crippen LogP contribution in [-0.2, 0) is 24.0 Å². The van der Waals surface area contributed by atoms with Gasteiger partial charge in [-0.2, -0.15) is 0 Å². The van der Waals surface area contributed by atoms with Crippen LogP contribution in [0.5, 0.6) is 11.5 Å². The number of phenols is 1. The van der Waals surface area contributed by atoms with E-state index in [0.717, 1.165) is 5.57 Å². The van der Waals surface area contributed by atoms with Crippen LogP contribution in [0.3, 0.4) is 0 Å². The van der Waals surface area contributed by atoms with Crippen molar-refractivity contribution in [3.63, 3.8) is 0 Å². The van der Waals surface area contributed by atoms with Gasteiger partial charge in [-0.1, -0.05) is 35.9 Å². The molecule has 6 atom stereocenters. The van der Waals surface area contributed by atoms with E-state index in [-0.39, 0.29) is 55.2 Å². The summed E-state index contributed by atoms with van der Waals surface area (Å²) >= 11 is 0. The normalized spacial score (nSPS) is 30.1. The second kappa shape index (κ2) is 10.1. The number of fused-ring (bicyclic) bond motifs is 4. The molecular formula is C32H32N2O8. The molecule has 2 saturated heterocycles. The fourth-order valence-electron chi connectivity index (χ4n) is 7.79. The van der Waals surface area contributed by atoms with Crippen molar-refractivity contribution in [1.82, 2.24) is 4.90 Å². The zero-order valence-electron chi connectivity index (χ0n) is 23.4. The fraction of sp³-hybridized carbons (Fsp3) is 0.406. The zero-order valence-corrected chi connectivity index (χ0v) is 23.4. The molecule has 2 aliphatic heterocycles. The number of carboxylic acid groups (broad SMARTS) is 1. The number of ether oxygens (including phenoxy) is 1. The summed E-state index contributed by atoms with van der Waals surface area (Å²) < 4.78 is 5.66. The van der Waals surface area contributed by atoms with Crippen molar-refractivity contribution < 1.29 is 38.9 Å². The molecule has 218 valence electrons. The Labute approximate surface area is 242 Å². The highest BCUT2D eigenvalue weighted by molar-refractivity contribution is 6.24. The van der Waals surface area contributed by atoms with E-state index in [2.05, 4.69) is 0 Å². The van der Waals surface area contributed by atoms with Crippen molar-refractivity contribution in [1.29, 1.82) is 0 Å². The maximum Gasteiger partial charge on any atom is 0.303 e. The molecule has 2 N–H and O–H groups in total. The monoisotopic (exact) mass is 572 g/mol. The summed E-state index contributed by atoms with van der Waals surface area (Å²) in [6.07, 6.45) is 2.45. The number of allylic oxidation sites excluding steroid dienone is 2. The van der Waals surface area contributed by atoms with Crippen molar-refractivity contribution in [3.05, 3.63) is 65.7 Å². The first kappa shape index (κ1) is 27.7. The smallest absolute Gasteiger partial charge is 0.303 e. The Morgan fingerprint density at radius 2 is 1.76 bits per heavy atom. The minimum absolute atomic E-state index is 0.0179. The second-order valence-corrected chi connectivity index (χ2v) is 11.7. The lowest BCUT2D eigenvalue weighted by molar-refractivity contribution is -0.142. The SMILES string of the molecule is COc1cc(O)ccc1[C@H]1C2=CC[C@@H]3C(=O)N(CCCC(=O)O)C(=O)[C@@H]3[C@@H]2C[C@H]2C(=O)N(c3ccccc3)C(=O)[C@@]12C. The third kappa shape index (κ3) is 3.95. The average Bonchev–Trinajstić information content (AvgIpc) is 3.33. The molecule has 0 spiro atoms. The molecule has 4 aliphatic rings. The van der Waals surface area contributed by atoms with Gasteiger partial charge in [0, 0.05) is 30.5 Å². The highest BCUT2D eigenvalue weighted by Gasteiger charge is 2.67. The van der Waals surface area contributed by atoms with Crippen molar-refractivity contribution >= 4 is 35.3 Å². The molecule has 10 nitrogen and oxygen atoms in total. The van der Waals surface area contributed by atoms with E-state index in [1.807, 2.05) is 6.08 Å². The van der Waals surface area contributed by atoms with E-state index >= 15 is 0 Å². The summed E-state index contributed by atoms with van der Waals surface area (Å²) in [6.45, 7) is 1.81. The molecule has 0 bridgehead atoms. The molecule has 4 amide bonds. The number of benzene rings is 2. The molecule has 0 unspecified atom stereocenters. The summed E-state index contributed by atoms with van der Waals surface area (Å²) in [7, 11) is 1.47. The largest absolute Gasteiger partial charge is 0.508 e. The van der Waals surface area contributed by atoms with Gasteiger partial charge in [-0.15, -0.1) is 0 Å². The average molecular weight is 573 g/mol. The predicted molar refractivity (Wildman–Crippen MR) is 149 cm³/mol.